The summed E-state index contributed by atoms with van der Waals surface area (Å²) in [5.41, 5.74) is -0.130. The molecule has 1 saturated heterocycles. The molecule has 9 nitrogen and oxygen atoms in total. The summed E-state index contributed by atoms with van der Waals surface area (Å²) < 4.78 is 33.3. The van der Waals surface area contributed by atoms with Crippen molar-refractivity contribution < 1.29 is 23.4 Å². The van der Waals surface area contributed by atoms with Crippen LogP contribution in [0.15, 0.2) is 52.5 Å². The second-order valence-corrected chi connectivity index (χ2v) is 6.89. The molecule has 0 radical (unpaired) electrons. The average Bonchev–Trinajstić information content (AvgIpc) is 3.36. The highest BCUT2D eigenvalue weighted by atomic mass is 19.3. The minimum absolute atomic E-state index is 0.0171. The summed E-state index contributed by atoms with van der Waals surface area (Å²) in [6.07, 6.45) is -0.716. The Balaban J connectivity index is 1.84. The van der Waals surface area contributed by atoms with Crippen LogP contribution in [0.5, 0.6) is 0 Å². The van der Waals surface area contributed by atoms with E-state index in [0.717, 1.165) is 4.68 Å². The van der Waals surface area contributed by atoms with E-state index in [1.807, 2.05) is 0 Å². The quantitative estimate of drug-likeness (QED) is 0.674. The summed E-state index contributed by atoms with van der Waals surface area (Å²) in [5.74, 6) is -0.866. The lowest BCUT2D eigenvalue weighted by molar-refractivity contribution is 0.0998. The topological polar surface area (TPSA) is 112 Å². The molecular formula is C20H17F2N5O4. The highest BCUT2D eigenvalue weighted by Crippen LogP contribution is 2.23. The van der Waals surface area contributed by atoms with Gasteiger partial charge in [0.2, 0.25) is 0 Å². The summed E-state index contributed by atoms with van der Waals surface area (Å²) in [5, 5.41) is 18.1. The first kappa shape index (κ1) is 20.7. The number of alkyl halides is 2. The maximum absolute atomic E-state index is 13.0. The van der Waals surface area contributed by atoms with Crippen LogP contribution in [0.1, 0.15) is 22.3 Å². The monoisotopic (exact) mass is 429 g/mol. The van der Waals surface area contributed by atoms with Gasteiger partial charge in [0.15, 0.2) is 0 Å². The molecule has 4 rings (SSSR count). The number of carbonyl (C=O) groups is 1. The fourth-order valence-corrected chi connectivity index (χ4v) is 3.05. The molecule has 3 heterocycles. The van der Waals surface area contributed by atoms with E-state index in [-0.39, 0.29) is 35.7 Å². The molecule has 1 amide bonds. The lowest BCUT2D eigenvalue weighted by Gasteiger charge is -2.09. The lowest BCUT2D eigenvalue weighted by Crippen LogP contribution is -2.28. The number of amides is 1. The molecule has 160 valence electrons. The molecule has 1 N–H and O–H groups in total. The number of rotatable bonds is 4. The zero-order valence-corrected chi connectivity index (χ0v) is 16.3. The molecule has 0 saturated carbocycles. The number of aliphatic imine (C=N–C) groups is 1. The molecule has 11 heteroatoms. The van der Waals surface area contributed by atoms with Crippen LogP contribution in [0.4, 0.5) is 8.78 Å². The van der Waals surface area contributed by atoms with Crippen LogP contribution in [-0.2, 0) is 11.8 Å². The molecule has 0 bridgehead atoms. The van der Waals surface area contributed by atoms with Crippen LogP contribution in [0.3, 0.4) is 0 Å². The third-order valence-corrected chi connectivity index (χ3v) is 4.69. The SMILES string of the molecule is Cn1cc(-n2nc(-c3ccc(C(F)F)cc3)cc(C(=O)N=C3COC[C@@H]3O)c2=O)cn1. The number of nitrogens with zero attached hydrogens (tertiary/aromatic N) is 5. The largest absolute Gasteiger partial charge is 0.385 e. The highest BCUT2D eigenvalue weighted by molar-refractivity contribution is 6.06. The van der Waals surface area contributed by atoms with Crippen LogP contribution in [0.2, 0.25) is 0 Å². The van der Waals surface area contributed by atoms with Crippen molar-refractivity contribution in [3.8, 4) is 16.9 Å². The number of ether oxygens (including phenoxy) is 1. The number of hydrogen-bond acceptors (Lipinski definition) is 6. The molecule has 1 atom stereocenters. The minimum atomic E-state index is -2.63. The molecule has 1 fully saturated rings. The van der Waals surface area contributed by atoms with Gasteiger partial charge in [0, 0.05) is 18.2 Å². The van der Waals surface area contributed by atoms with Gasteiger partial charge in [-0.15, -0.1) is 0 Å². The summed E-state index contributed by atoms with van der Waals surface area (Å²) >= 11 is 0. The first-order chi connectivity index (χ1) is 14.8. The molecule has 1 aliphatic heterocycles. The van der Waals surface area contributed by atoms with Crippen LogP contribution in [-0.4, -0.2) is 55.6 Å². The zero-order chi connectivity index (χ0) is 22.1. The fraction of sp³-hybridized carbons (Fsp3) is 0.250. The van der Waals surface area contributed by atoms with E-state index >= 15 is 0 Å². The molecule has 1 aliphatic rings. The first-order valence-corrected chi connectivity index (χ1v) is 9.23. The van der Waals surface area contributed by atoms with Gasteiger partial charge in [0.05, 0.1) is 37.0 Å². The van der Waals surface area contributed by atoms with E-state index in [2.05, 4.69) is 15.2 Å². The van der Waals surface area contributed by atoms with E-state index in [4.69, 9.17) is 4.74 Å². The Morgan fingerprint density at radius 1 is 1.32 bits per heavy atom. The predicted octanol–water partition coefficient (Wildman–Crippen LogP) is 1.54. The van der Waals surface area contributed by atoms with Crippen LogP contribution < -0.4 is 5.56 Å². The van der Waals surface area contributed by atoms with E-state index in [1.165, 1.54) is 47.4 Å². The van der Waals surface area contributed by atoms with Crippen molar-refractivity contribution in [2.45, 2.75) is 12.5 Å². The van der Waals surface area contributed by atoms with Gasteiger partial charge in [0.1, 0.15) is 17.4 Å². The van der Waals surface area contributed by atoms with Gasteiger partial charge >= 0.3 is 0 Å². The second-order valence-electron chi connectivity index (χ2n) is 6.89. The summed E-state index contributed by atoms with van der Waals surface area (Å²) in [4.78, 5) is 29.6. The Kier molecular flexibility index (Phi) is 5.53. The van der Waals surface area contributed by atoms with Gasteiger partial charge in [-0.3, -0.25) is 14.3 Å². The predicted molar refractivity (Wildman–Crippen MR) is 106 cm³/mol. The zero-order valence-electron chi connectivity index (χ0n) is 16.3. The second kappa shape index (κ2) is 8.28. The molecule has 3 aromatic rings. The van der Waals surface area contributed by atoms with Gasteiger partial charge in [-0.1, -0.05) is 24.3 Å². The van der Waals surface area contributed by atoms with Crippen LogP contribution in [0, 0.1) is 0 Å². The summed E-state index contributed by atoms with van der Waals surface area (Å²) in [6, 6.07) is 6.60. The molecule has 31 heavy (non-hydrogen) atoms. The maximum atomic E-state index is 13.0. The number of halogens is 2. The lowest BCUT2D eigenvalue weighted by atomic mass is 10.1. The third-order valence-electron chi connectivity index (χ3n) is 4.69. The Labute approximate surface area is 174 Å². The number of hydrogen-bond donors (Lipinski definition) is 1. The van der Waals surface area contributed by atoms with Crippen molar-refractivity contribution in [1.29, 1.82) is 0 Å². The number of aliphatic hydroxyl groups is 1. The van der Waals surface area contributed by atoms with Crippen molar-refractivity contribution in [3.63, 3.8) is 0 Å². The van der Waals surface area contributed by atoms with Crippen molar-refractivity contribution in [2.24, 2.45) is 12.0 Å². The fourth-order valence-electron chi connectivity index (χ4n) is 3.05. The Morgan fingerprint density at radius 2 is 2.06 bits per heavy atom. The van der Waals surface area contributed by atoms with E-state index < -0.39 is 24.0 Å². The normalized spacial score (nSPS) is 17.6. The van der Waals surface area contributed by atoms with Crippen LogP contribution in [0.25, 0.3) is 16.9 Å². The van der Waals surface area contributed by atoms with Gasteiger partial charge in [0.25, 0.3) is 17.9 Å². The van der Waals surface area contributed by atoms with Gasteiger partial charge in [-0.2, -0.15) is 14.9 Å². The number of benzene rings is 1. The van der Waals surface area contributed by atoms with Gasteiger partial charge < -0.3 is 9.84 Å². The van der Waals surface area contributed by atoms with E-state index in [1.54, 1.807) is 7.05 Å². The van der Waals surface area contributed by atoms with E-state index in [9.17, 15) is 23.5 Å². The van der Waals surface area contributed by atoms with Gasteiger partial charge in [-0.05, 0) is 6.07 Å². The first-order valence-electron chi connectivity index (χ1n) is 9.23. The van der Waals surface area contributed by atoms with E-state index in [0.29, 0.717) is 11.3 Å². The molecule has 0 unspecified atom stereocenters. The summed E-state index contributed by atoms with van der Waals surface area (Å²) in [6.45, 7) is 0.000838. The molecule has 1 aromatic carbocycles. The van der Waals surface area contributed by atoms with Crippen molar-refractivity contribution in [3.05, 3.63) is 64.2 Å². The van der Waals surface area contributed by atoms with Gasteiger partial charge in [-0.25, -0.2) is 13.8 Å². The molecular weight excluding hydrogens is 412 g/mol. The Bertz CT molecular complexity index is 1220. The van der Waals surface area contributed by atoms with Crippen LogP contribution >= 0.6 is 0 Å². The van der Waals surface area contributed by atoms with Crippen molar-refractivity contribution in [2.75, 3.05) is 13.2 Å². The Hall–Kier alpha value is -3.57. The number of aliphatic hydroxyl groups excluding tert-OH is 1. The summed E-state index contributed by atoms with van der Waals surface area (Å²) in [7, 11) is 1.65. The number of carbonyl (C=O) groups excluding carboxylic acids is 1. The smallest absolute Gasteiger partial charge is 0.284 e. The Morgan fingerprint density at radius 3 is 2.65 bits per heavy atom. The average molecular weight is 429 g/mol. The highest BCUT2D eigenvalue weighted by Gasteiger charge is 2.24. The van der Waals surface area contributed by atoms with Crippen molar-refractivity contribution >= 4 is 11.6 Å². The number of aryl methyl sites for hydroxylation is 1. The molecule has 0 aliphatic carbocycles. The standard InChI is InChI=1S/C20H17F2N5O4/c1-26-8-13(7-23-26)27-20(30)14(19(29)24-16-9-31-10-17(16)28)6-15(25-27)11-2-4-12(5-3-11)18(21)22/h2-8,17-18,28H,9-10H2,1H3/t17-/m0/s1. The maximum Gasteiger partial charge on any atom is 0.284 e. The van der Waals surface area contributed by atoms with Crippen molar-refractivity contribution in [1.82, 2.24) is 19.6 Å². The third kappa shape index (κ3) is 4.18. The molecule has 2 aromatic heterocycles. The molecule has 0 spiro atoms. The number of aromatic nitrogens is 4. The minimum Gasteiger partial charge on any atom is -0.385 e.